The summed E-state index contributed by atoms with van der Waals surface area (Å²) in [7, 11) is 0. The fraction of sp³-hybridized carbons (Fsp3) is 0.533. The van der Waals surface area contributed by atoms with Crippen molar-refractivity contribution in [3.63, 3.8) is 0 Å². The summed E-state index contributed by atoms with van der Waals surface area (Å²) in [4.78, 5) is 14.1. The molecule has 0 spiro atoms. The quantitative estimate of drug-likeness (QED) is 0.885. The molecule has 0 saturated carbocycles. The SMILES string of the molecule is CC(C)(O)C1CCCN1CC(=O)Nc1ccc(Br)cc1. The number of carbonyl (C=O) groups is 1. The first-order chi connectivity index (χ1) is 9.36. The highest BCUT2D eigenvalue weighted by Crippen LogP contribution is 2.26. The Morgan fingerprint density at radius 1 is 1.45 bits per heavy atom. The second kappa shape index (κ2) is 6.24. The van der Waals surface area contributed by atoms with E-state index in [1.54, 1.807) is 0 Å². The molecule has 1 aliphatic heterocycles. The van der Waals surface area contributed by atoms with E-state index in [9.17, 15) is 9.90 Å². The summed E-state index contributed by atoms with van der Waals surface area (Å²) < 4.78 is 0.983. The molecule has 1 heterocycles. The third-order valence-electron chi connectivity index (χ3n) is 3.65. The lowest BCUT2D eigenvalue weighted by molar-refractivity contribution is -0.118. The molecule has 1 aromatic rings. The molecular weight excluding hydrogens is 320 g/mol. The second-order valence-corrected chi connectivity index (χ2v) is 6.75. The molecule has 2 N–H and O–H groups in total. The zero-order chi connectivity index (χ0) is 14.8. The number of amides is 1. The Bertz CT molecular complexity index is 468. The van der Waals surface area contributed by atoms with E-state index in [2.05, 4.69) is 26.1 Å². The summed E-state index contributed by atoms with van der Waals surface area (Å²) in [6.45, 7) is 4.80. The summed E-state index contributed by atoms with van der Waals surface area (Å²) in [6, 6.07) is 7.56. The number of hydrogen-bond donors (Lipinski definition) is 2. The van der Waals surface area contributed by atoms with Gasteiger partial charge in [-0.25, -0.2) is 0 Å². The molecule has 110 valence electrons. The molecule has 0 bridgehead atoms. The Morgan fingerprint density at radius 3 is 2.70 bits per heavy atom. The van der Waals surface area contributed by atoms with E-state index in [0.29, 0.717) is 6.54 Å². The molecule has 20 heavy (non-hydrogen) atoms. The van der Waals surface area contributed by atoms with Crippen LogP contribution < -0.4 is 5.32 Å². The van der Waals surface area contributed by atoms with Crippen LogP contribution in [0.5, 0.6) is 0 Å². The highest BCUT2D eigenvalue weighted by molar-refractivity contribution is 9.10. The van der Waals surface area contributed by atoms with Crippen LogP contribution >= 0.6 is 15.9 Å². The largest absolute Gasteiger partial charge is 0.389 e. The minimum absolute atomic E-state index is 0.0385. The number of aliphatic hydroxyl groups is 1. The van der Waals surface area contributed by atoms with Gasteiger partial charge in [-0.05, 0) is 57.5 Å². The lowest BCUT2D eigenvalue weighted by atomic mass is 9.97. The summed E-state index contributed by atoms with van der Waals surface area (Å²) >= 11 is 3.36. The highest BCUT2D eigenvalue weighted by atomic mass is 79.9. The first-order valence-corrected chi connectivity index (χ1v) is 7.67. The number of benzene rings is 1. The summed E-state index contributed by atoms with van der Waals surface area (Å²) in [6.07, 6.45) is 1.97. The molecule has 0 aromatic heterocycles. The van der Waals surface area contributed by atoms with Gasteiger partial charge in [-0.3, -0.25) is 9.69 Å². The molecule has 1 aromatic carbocycles. The minimum Gasteiger partial charge on any atom is -0.389 e. The number of halogens is 1. The summed E-state index contributed by atoms with van der Waals surface area (Å²) in [5, 5.41) is 13.0. The second-order valence-electron chi connectivity index (χ2n) is 5.84. The normalized spacial score (nSPS) is 20.1. The lowest BCUT2D eigenvalue weighted by Gasteiger charge is -2.33. The number of carbonyl (C=O) groups excluding carboxylic acids is 1. The molecular formula is C15H21BrN2O2. The molecule has 1 atom stereocenters. The van der Waals surface area contributed by atoms with Crippen LogP contribution in [0.3, 0.4) is 0 Å². The molecule has 1 amide bonds. The van der Waals surface area contributed by atoms with Gasteiger partial charge in [-0.1, -0.05) is 15.9 Å². The van der Waals surface area contributed by atoms with E-state index in [1.165, 1.54) is 0 Å². The maximum atomic E-state index is 12.1. The van der Waals surface area contributed by atoms with Crippen molar-refractivity contribution in [2.45, 2.75) is 38.3 Å². The van der Waals surface area contributed by atoms with Gasteiger partial charge in [0.1, 0.15) is 0 Å². The number of rotatable bonds is 4. The van der Waals surface area contributed by atoms with E-state index < -0.39 is 5.60 Å². The lowest BCUT2D eigenvalue weighted by Crippen LogP contribution is -2.48. The molecule has 5 heteroatoms. The van der Waals surface area contributed by atoms with Crippen LogP contribution in [0.15, 0.2) is 28.7 Å². The molecule has 0 aliphatic carbocycles. The predicted octanol–water partition coefficient (Wildman–Crippen LogP) is 2.62. The van der Waals surface area contributed by atoms with E-state index in [0.717, 1.165) is 29.5 Å². The molecule has 4 nitrogen and oxygen atoms in total. The minimum atomic E-state index is -0.769. The van der Waals surface area contributed by atoms with E-state index in [1.807, 2.05) is 38.1 Å². The van der Waals surface area contributed by atoms with Gasteiger partial charge >= 0.3 is 0 Å². The fourth-order valence-electron chi connectivity index (χ4n) is 2.73. The van der Waals surface area contributed by atoms with Crippen LogP contribution in [-0.2, 0) is 4.79 Å². The maximum Gasteiger partial charge on any atom is 0.238 e. The highest BCUT2D eigenvalue weighted by Gasteiger charge is 2.36. The van der Waals surface area contributed by atoms with Crippen LogP contribution in [0, 0.1) is 0 Å². The van der Waals surface area contributed by atoms with Crippen molar-refractivity contribution < 1.29 is 9.90 Å². The van der Waals surface area contributed by atoms with Gasteiger partial charge in [-0.15, -0.1) is 0 Å². The number of nitrogens with zero attached hydrogens (tertiary/aromatic N) is 1. The molecule has 1 fully saturated rings. The third-order valence-corrected chi connectivity index (χ3v) is 4.18. The van der Waals surface area contributed by atoms with Crippen molar-refractivity contribution in [3.05, 3.63) is 28.7 Å². The van der Waals surface area contributed by atoms with Crippen molar-refractivity contribution in [1.82, 2.24) is 4.90 Å². The Hall–Kier alpha value is -0.910. The number of likely N-dealkylation sites (tertiary alicyclic amines) is 1. The van der Waals surface area contributed by atoms with Crippen molar-refractivity contribution in [2.24, 2.45) is 0 Å². The van der Waals surface area contributed by atoms with Crippen molar-refractivity contribution in [1.29, 1.82) is 0 Å². The van der Waals surface area contributed by atoms with Gasteiger partial charge in [0.25, 0.3) is 0 Å². The topological polar surface area (TPSA) is 52.6 Å². The van der Waals surface area contributed by atoms with Crippen LogP contribution in [0.4, 0.5) is 5.69 Å². The Balaban J connectivity index is 1.92. The van der Waals surface area contributed by atoms with Crippen molar-refractivity contribution >= 4 is 27.5 Å². The molecule has 1 saturated heterocycles. The number of nitrogens with one attached hydrogen (secondary N) is 1. The van der Waals surface area contributed by atoms with Gasteiger partial charge in [0.15, 0.2) is 0 Å². The number of anilines is 1. The Morgan fingerprint density at radius 2 is 2.10 bits per heavy atom. The van der Waals surface area contributed by atoms with Crippen molar-refractivity contribution in [2.75, 3.05) is 18.4 Å². The molecule has 1 aliphatic rings. The monoisotopic (exact) mass is 340 g/mol. The third kappa shape index (κ3) is 4.04. The van der Waals surface area contributed by atoms with Crippen molar-refractivity contribution in [3.8, 4) is 0 Å². The van der Waals surface area contributed by atoms with E-state index >= 15 is 0 Å². The van der Waals surface area contributed by atoms with Gasteiger partial charge in [0.2, 0.25) is 5.91 Å². The van der Waals surface area contributed by atoms with Crippen LogP contribution in [0.2, 0.25) is 0 Å². The maximum absolute atomic E-state index is 12.1. The Labute approximate surface area is 128 Å². The molecule has 1 unspecified atom stereocenters. The van der Waals surface area contributed by atoms with Crippen LogP contribution in [-0.4, -0.2) is 40.6 Å². The standard InChI is InChI=1S/C15H21BrN2O2/c1-15(2,20)13-4-3-9-18(13)10-14(19)17-12-7-5-11(16)6-8-12/h5-8,13,20H,3-4,9-10H2,1-2H3,(H,17,19). The first kappa shape index (κ1) is 15.5. The molecule has 2 rings (SSSR count). The summed E-state index contributed by atoms with van der Waals surface area (Å²) in [5.74, 6) is -0.0385. The smallest absolute Gasteiger partial charge is 0.238 e. The van der Waals surface area contributed by atoms with E-state index in [-0.39, 0.29) is 11.9 Å². The van der Waals surface area contributed by atoms with E-state index in [4.69, 9.17) is 0 Å². The zero-order valence-corrected chi connectivity index (χ0v) is 13.5. The van der Waals surface area contributed by atoms with Gasteiger partial charge in [0.05, 0.1) is 12.1 Å². The molecule has 0 radical (unpaired) electrons. The average Bonchev–Trinajstić information content (AvgIpc) is 2.80. The Kier molecular flexibility index (Phi) is 4.83. The van der Waals surface area contributed by atoms with Gasteiger partial charge in [-0.2, -0.15) is 0 Å². The van der Waals surface area contributed by atoms with Crippen LogP contribution in [0.25, 0.3) is 0 Å². The predicted molar refractivity (Wildman–Crippen MR) is 83.7 cm³/mol. The average molecular weight is 341 g/mol. The van der Waals surface area contributed by atoms with Gasteiger partial charge in [0, 0.05) is 16.2 Å². The summed E-state index contributed by atoms with van der Waals surface area (Å²) in [5.41, 5.74) is 0.0196. The first-order valence-electron chi connectivity index (χ1n) is 6.88. The number of hydrogen-bond acceptors (Lipinski definition) is 3. The van der Waals surface area contributed by atoms with Gasteiger partial charge < -0.3 is 10.4 Å². The fourth-order valence-corrected chi connectivity index (χ4v) is 3.00. The van der Waals surface area contributed by atoms with Crippen LogP contribution in [0.1, 0.15) is 26.7 Å². The zero-order valence-electron chi connectivity index (χ0n) is 11.9.